The highest BCUT2D eigenvalue weighted by atomic mass is 79.9. The van der Waals surface area contributed by atoms with Crippen molar-refractivity contribution in [2.75, 3.05) is 46.9 Å². The van der Waals surface area contributed by atoms with E-state index in [0.717, 1.165) is 36.5 Å². The second-order valence-corrected chi connectivity index (χ2v) is 6.71. The van der Waals surface area contributed by atoms with Crippen LogP contribution < -0.4 is 10.6 Å². The van der Waals surface area contributed by atoms with Gasteiger partial charge in [0.1, 0.15) is 0 Å². The van der Waals surface area contributed by atoms with Crippen LogP contribution in [0.3, 0.4) is 0 Å². The van der Waals surface area contributed by atoms with Gasteiger partial charge in [-0.05, 0) is 24.6 Å². The number of methoxy groups -OCH3 is 1. The van der Waals surface area contributed by atoms with E-state index in [9.17, 15) is 4.79 Å². The Hall–Kier alpha value is -1.60. The standard InChI is InChI=1S/C17H25BrN4O2/c1-19-17(22-9-6-13(11-22)12-24-2)21-8-7-20-16(23)14-4-3-5-15(18)10-14/h3-5,10,13H,6-9,11-12H2,1-2H3,(H,19,21)(H,20,23). The molecule has 0 aromatic heterocycles. The number of carbonyl (C=O) groups is 1. The largest absolute Gasteiger partial charge is 0.384 e. The van der Waals surface area contributed by atoms with E-state index >= 15 is 0 Å². The van der Waals surface area contributed by atoms with Gasteiger partial charge in [-0.15, -0.1) is 0 Å². The van der Waals surface area contributed by atoms with E-state index in [1.165, 1.54) is 0 Å². The summed E-state index contributed by atoms with van der Waals surface area (Å²) in [6, 6.07) is 7.35. The second kappa shape index (κ2) is 9.64. The van der Waals surface area contributed by atoms with E-state index in [1.54, 1.807) is 20.2 Å². The monoisotopic (exact) mass is 396 g/mol. The molecule has 1 saturated heterocycles. The summed E-state index contributed by atoms with van der Waals surface area (Å²) in [5, 5.41) is 6.21. The predicted molar refractivity (Wildman–Crippen MR) is 99.4 cm³/mol. The number of halogens is 1. The fourth-order valence-electron chi connectivity index (χ4n) is 2.81. The molecular formula is C17H25BrN4O2. The average Bonchev–Trinajstić information content (AvgIpc) is 3.03. The van der Waals surface area contributed by atoms with Gasteiger partial charge in [0.15, 0.2) is 5.96 Å². The quantitative estimate of drug-likeness (QED) is 0.436. The van der Waals surface area contributed by atoms with Crippen LogP contribution in [0.5, 0.6) is 0 Å². The van der Waals surface area contributed by atoms with Crippen LogP contribution in [-0.2, 0) is 4.74 Å². The van der Waals surface area contributed by atoms with Crippen molar-refractivity contribution < 1.29 is 9.53 Å². The lowest BCUT2D eigenvalue weighted by molar-refractivity contribution is 0.0954. The maximum absolute atomic E-state index is 12.1. The zero-order chi connectivity index (χ0) is 17.4. The number of benzene rings is 1. The van der Waals surface area contributed by atoms with Crippen LogP contribution in [0.1, 0.15) is 16.8 Å². The molecule has 1 unspecified atom stereocenters. The molecule has 1 aromatic rings. The van der Waals surface area contributed by atoms with Gasteiger partial charge in [0.2, 0.25) is 0 Å². The Balaban J connectivity index is 1.72. The highest BCUT2D eigenvalue weighted by Crippen LogP contribution is 2.16. The van der Waals surface area contributed by atoms with Gasteiger partial charge in [-0.3, -0.25) is 9.79 Å². The zero-order valence-electron chi connectivity index (χ0n) is 14.2. The smallest absolute Gasteiger partial charge is 0.251 e. The lowest BCUT2D eigenvalue weighted by atomic mass is 10.1. The fourth-order valence-corrected chi connectivity index (χ4v) is 3.21. The molecule has 6 nitrogen and oxygen atoms in total. The summed E-state index contributed by atoms with van der Waals surface area (Å²) < 4.78 is 6.12. The number of nitrogens with one attached hydrogen (secondary N) is 2. The van der Waals surface area contributed by atoms with Gasteiger partial charge in [0.25, 0.3) is 5.91 Å². The number of amides is 1. The number of hydrogen-bond acceptors (Lipinski definition) is 3. The second-order valence-electron chi connectivity index (χ2n) is 5.80. The summed E-state index contributed by atoms with van der Waals surface area (Å²) in [5.41, 5.74) is 0.649. The minimum absolute atomic E-state index is 0.0746. The highest BCUT2D eigenvalue weighted by molar-refractivity contribution is 9.10. The van der Waals surface area contributed by atoms with Gasteiger partial charge in [-0.2, -0.15) is 0 Å². The van der Waals surface area contributed by atoms with Crippen LogP contribution >= 0.6 is 15.9 Å². The van der Waals surface area contributed by atoms with E-state index in [2.05, 4.69) is 36.5 Å². The molecule has 0 saturated carbocycles. The van der Waals surface area contributed by atoms with Crippen molar-refractivity contribution in [3.8, 4) is 0 Å². The van der Waals surface area contributed by atoms with E-state index in [1.807, 2.05) is 18.2 Å². The molecule has 0 radical (unpaired) electrons. The van der Waals surface area contributed by atoms with E-state index < -0.39 is 0 Å². The normalized spacial score (nSPS) is 17.9. The van der Waals surface area contributed by atoms with Crippen molar-refractivity contribution in [1.29, 1.82) is 0 Å². The first-order chi connectivity index (χ1) is 11.6. The van der Waals surface area contributed by atoms with Crippen LogP contribution in [0.4, 0.5) is 0 Å². The van der Waals surface area contributed by atoms with Crippen molar-refractivity contribution in [3.63, 3.8) is 0 Å². The lowest BCUT2D eigenvalue weighted by Crippen LogP contribution is -2.43. The maximum atomic E-state index is 12.1. The average molecular weight is 397 g/mol. The molecule has 24 heavy (non-hydrogen) atoms. The maximum Gasteiger partial charge on any atom is 0.251 e. The number of rotatable bonds is 6. The topological polar surface area (TPSA) is 66.0 Å². The number of nitrogens with zero attached hydrogens (tertiary/aromatic N) is 2. The molecule has 0 spiro atoms. The van der Waals surface area contributed by atoms with E-state index in [4.69, 9.17) is 4.74 Å². The van der Waals surface area contributed by atoms with Crippen molar-refractivity contribution in [2.24, 2.45) is 10.9 Å². The number of likely N-dealkylation sites (tertiary alicyclic amines) is 1. The van der Waals surface area contributed by atoms with Crippen LogP contribution in [0.25, 0.3) is 0 Å². The summed E-state index contributed by atoms with van der Waals surface area (Å²) in [4.78, 5) is 18.6. The molecule has 0 bridgehead atoms. The SMILES string of the molecule is CN=C(NCCNC(=O)c1cccc(Br)c1)N1CCC(COC)C1. The Kier molecular flexibility index (Phi) is 7.52. The lowest BCUT2D eigenvalue weighted by Gasteiger charge is -2.21. The summed E-state index contributed by atoms with van der Waals surface area (Å²) in [5.74, 6) is 1.37. The van der Waals surface area contributed by atoms with Gasteiger partial charge in [0.05, 0.1) is 6.61 Å². The van der Waals surface area contributed by atoms with Crippen molar-refractivity contribution in [3.05, 3.63) is 34.3 Å². The minimum Gasteiger partial charge on any atom is -0.384 e. The predicted octanol–water partition coefficient (Wildman–Crippen LogP) is 1.72. The number of carbonyl (C=O) groups excluding carboxylic acids is 1. The Morgan fingerprint density at radius 1 is 1.42 bits per heavy atom. The molecule has 2 rings (SSSR count). The molecule has 1 aromatic carbocycles. The third-order valence-corrected chi connectivity index (χ3v) is 4.47. The van der Waals surface area contributed by atoms with Gasteiger partial charge in [-0.25, -0.2) is 0 Å². The summed E-state index contributed by atoms with van der Waals surface area (Å²) in [6.07, 6.45) is 1.12. The Bertz CT molecular complexity index is 579. The minimum atomic E-state index is -0.0746. The molecule has 1 fully saturated rings. The van der Waals surface area contributed by atoms with E-state index in [0.29, 0.717) is 24.6 Å². The zero-order valence-corrected chi connectivity index (χ0v) is 15.8. The Labute approximate surface area is 151 Å². The Morgan fingerprint density at radius 2 is 2.21 bits per heavy atom. The van der Waals surface area contributed by atoms with Gasteiger partial charge in [-0.1, -0.05) is 22.0 Å². The highest BCUT2D eigenvalue weighted by Gasteiger charge is 2.24. The molecule has 1 amide bonds. The first-order valence-corrected chi connectivity index (χ1v) is 8.91. The molecule has 1 heterocycles. The third-order valence-electron chi connectivity index (χ3n) is 3.98. The molecule has 2 N–H and O–H groups in total. The van der Waals surface area contributed by atoms with Gasteiger partial charge in [0, 0.05) is 56.3 Å². The molecule has 1 aliphatic heterocycles. The van der Waals surface area contributed by atoms with Crippen molar-refractivity contribution in [1.82, 2.24) is 15.5 Å². The molecular weight excluding hydrogens is 372 g/mol. The fraction of sp³-hybridized carbons (Fsp3) is 0.529. The van der Waals surface area contributed by atoms with Crippen LogP contribution in [0, 0.1) is 5.92 Å². The van der Waals surface area contributed by atoms with Crippen LogP contribution in [0.15, 0.2) is 33.7 Å². The number of hydrogen-bond donors (Lipinski definition) is 2. The van der Waals surface area contributed by atoms with Crippen molar-refractivity contribution >= 4 is 27.8 Å². The molecule has 7 heteroatoms. The van der Waals surface area contributed by atoms with Gasteiger partial charge >= 0.3 is 0 Å². The molecule has 132 valence electrons. The third kappa shape index (κ3) is 5.49. The summed E-state index contributed by atoms with van der Waals surface area (Å²) in [6.45, 7) is 3.91. The molecule has 0 aliphatic carbocycles. The summed E-state index contributed by atoms with van der Waals surface area (Å²) >= 11 is 3.37. The number of aliphatic imine (C=N–C) groups is 1. The molecule has 1 atom stereocenters. The number of ether oxygens (including phenoxy) is 1. The first kappa shape index (κ1) is 18.7. The van der Waals surface area contributed by atoms with E-state index in [-0.39, 0.29) is 5.91 Å². The van der Waals surface area contributed by atoms with Crippen molar-refractivity contribution in [2.45, 2.75) is 6.42 Å². The van der Waals surface area contributed by atoms with Gasteiger partial charge < -0.3 is 20.3 Å². The summed E-state index contributed by atoms with van der Waals surface area (Å²) in [7, 11) is 3.52. The van der Waals surface area contributed by atoms with Crippen LogP contribution in [0.2, 0.25) is 0 Å². The Morgan fingerprint density at radius 3 is 2.92 bits per heavy atom. The first-order valence-electron chi connectivity index (χ1n) is 8.12. The van der Waals surface area contributed by atoms with Crippen LogP contribution in [-0.4, -0.2) is 63.7 Å². The number of guanidine groups is 1. The molecule has 1 aliphatic rings.